The van der Waals surface area contributed by atoms with Crippen molar-refractivity contribution in [2.45, 2.75) is 63.5 Å². The van der Waals surface area contributed by atoms with Crippen LogP contribution in [0.25, 0.3) is 0 Å². The summed E-state index contributed by atoms with van der Waals surface area (Å²) in [5.74, 6) is 0.340. The Labute approximate surface area is 224 Å². The fourth-order valence-electron chi connectivity index (χ4n) is 4.69. The molecule has 3 aromatic rings. The molecule has 0 bridgehead atoms. The van der Waals surface area contributed by atoms with E-state index in [1.165, 1.54) is 0 Å². The second-order valence-electron chi connectivity index (χ2n) is 9.61. The van der Waals surface area contributed by atoms with Gasteiger partial charge >= 0.3 is 0 Å². The topological polar surface area (TPSA) is 75.7 Å². The zero-order chi connectivity index (χ0) is 26.8. The van der Waals surface area contributed by atoms with Gasteiger partial charge in [-0.2, -0.15) is 0 Å². The smallest absolute Gasteiger partial charge is 0.264 e. The molecule has 0 saturated heterocycles. The number of ether oxygens (including phenoxy) is 1. The van der Waals surface area contributed by atoms with Gasteiger partial charge in [-0.15, -0.1) is 0 Å². The van der Waals surface area contributed by atoms with E-state index in [0.717, 1.165) is 39.6 Å². The van der Waals surface area contributed by atoms with Crippen molar-refractivity contribution in [2.75, 3.05) is 10.8 Å². The predicted octanol–water partition coefficient (Wildman–Crippen LogP) is 6.35. The molecule has 0 radical (unpaired) electrons. The van der Waals surface area contributed by atoms with Gasteiger partial charge in [-0.25, -0.2) is 8.42 Å². The standard InChI is InChI=1S/C29H33ClN2O4S/c1-5-29(6-2)18-26(24-9-7-8-10-27(24)36-29)31-28(33)19-32(22-14-13-21(4)25(30)17-22)37(34,35)23-15-11-20(3)12-16-23/h7-17,26H,5-6,18-19H2,1-4H3,(H,31,33). The minimum Gasteiger partial charge on any atom is -0.487 e. The first-order chi connectivity index (χ1) is 17.6. The molecular weight excluding hydrogens is 508 g/mol. The summed E-state index contributed by atoms with van der Waals surface area (Å²) >= 11 is 6.35. The summed E-state index contributed by atoms with van der Waals surface area (Å²) in [6.07, 6.45) is 2.18. The Morgan fingerprint density at radius 2 is 1.73 bits per heavy atom. The van der Waals surface area contributed by atoms with Gasteiger partial charge in [0.1, 0.15) is 17.9 Å². The molecule has 8 heteroatoms. The third-order valence-corrected chi connectivity index (χ3v) is 9.36. The van der Waals surface area contributed by atoms with Gasteiger partial charge in [0.25, 0.3) is 10.0 Å². The average Bonchev–Trinajstić information content (AvgIpc) is 2.89. The number of nitrogens with one attached hydrogen (secondary N) is 1. The van der Waals surface area contributed by atoms with Crippen LogP contribution in [0, 0.1) is 13.8 Å². The van der Waals surface area contributed by atoms with Gasteiger partial charge in [0, 0.05) is 17.0 Å². The third kappa shape index (κ3) is 5.63. The van der Waals surface area contributed by atoms with Crippen LogP contribution in [0.5, 0.6) is 5.75 Å². The van der Waals surface area contributed by atoms with Crippen molar-refractivity contribution in [3.8, 4) is 5.75 Å². The molecule has 6 nitrogen and oxygen atoms in total. The molecule has 1 aliphatic heterocycles. The molecule has 0 aromatic heterocycles. The molecule has 4 rings (SSSR count). The molecule has 1 N–H and O–H groups in total. The number of aryl methyl sites for hydroxylation is 2. The van der Waals surface area contributed by atoms with E-state index in [-0.39, 0.29) is 17.5 Å². The van der Waals surface area contributed by atoms with Crippen LogP contribution in [0.2, 0.25) is 5.02 Å². The summed E-state index contributed by atoms with van der Waals surface area (Å²) in [6, 6.07) is 19.0. The van der Waals surface area contributed by atoms with E-state index >= 15 is 0 Å². The highest BCUT2D eigenvalue weighted by atomic mass is 35.5. The Bertz CT molecular complexity index is 1390. The van der Waals surface area contributed by atoms with Crippen molar-refractivity contribution in [1.29, 1.82) is 0 Å². The first-order valence-electron chi connectivity index (χ1n) is 12.5. The summed E-state index contributed by atoms with van der Waals surface area (Å²) in [6.45, 7) is 7.49. The van der Waals surface area contributed by atoms with Crippen molar-refractivity contribution in [3.05, 3.63) is 88.4 Å². The van der Waals surface area contributed by atoms with E-state index < -0.39 is 21.5 Å². The molecule has 0 saturated carbocycles. The number of hydrogen-bond donors (Lipinski definition) is 1. The second-order valence-corrected chi connectivity index (χ2v) is 11.9. The number of anilines is 1. The van der Waals surface area contributed by atoms with Crippen LogP contribution < -0.4 is 14.4 Å². The Morgan fingerprint density at radius 3 is 2.38 bits per heavy atom. The Hall–Kier alpha value is -3.03. The Morgan fingerprint density at radius 1 is 1.05 bits per heavy atom. The summed E-state index contributed by atoms with van der Waals surface area (Å²) in [4.78, 5) is 13.6. The van der Waals surface area contributed by atoms with Crippen LogP contribution in [-0.2, 0) is 14.8 Å². The molecule has 0 aliphatic carbocycles. The monoisotopic (exact) mass is 540 g/mol. The van der Waals surface area contributed by atoms with Gasteiger partial charge in [0.05, 0.1) is 16.6 Å². The largest absolute Gasteiger partial charge is 0.487 e. The fourth-order valence-corrected chi connectivity index (χ4v) is 6.28. The van der Waals surface area contributed by atoms with Crippen LogP contribution >= 0.6 is 11.6 Å². The summed E-state index contributed by atoms with van der Waals surface area (Å²) < 4.78 is 35.0. The molecule has 196 valence electrons. The Balaban J connectivity index is 1.67. The zero-order valence-electron chi connectivity index (χ0n) is 21.6. The first-order valence-corrected chi connectivity index (χ1v) is 14.3. The highest BCUT2D eigenvalue weighted by molar-refractivity contribution is 7.92. The maximum Gasteiger partial charge on any atom is 0.264 e. The van der Waals surface area contributed by atoms with Crippen LogP contribution in [0.15, 0.2) is 71.6 Å². The highest BCUT2D eigenvalue weighted by Gasteiger charge is 2.39. The minimum absolute atomic E-state index is 0.106. The van der Waals surface area contributed by atoms with Crippen LogP contribution in [0.4, 0.5) is 5.69 Å². The normalized spacial score (nSPS) is 16.4. The summed E-state index contributed by atoms with van der Waals surface area (Å²) in [7, 11) is -4.04. The summed E-state index contributed by atoms with van der Waals surface area (Å²) in [5.41, 5.74) is 2.58. The quantitative estimate of drug-likeness (QED) is 0.361. The van der Waals surface area contributed by atoms with Crippen molar-refractivity contribution >= 4 is 33.2 Å². The lowest BCUT2D eigenvalue weighted by atomic mass is 9.83. The number of para-hydroxylation sites is 1. The number of amides is 1. The van der Waals surface area contributed by atoms with E-state index in [4.69, 9.17) is 16.3 Å². The lowest BCUT2D eigenvalue weighted by Gasteiger charge is -2.41. The SMILES string of the molecule is CCC1(CC)CC(NC(=O)CN(c2ccc(C)c(Cl)c2)S(=O)(=O)c2ccc(C)cc2)c2ccccc2O1. The molecular formula is C29H33ClN2O4S. The van der Waals surface area contributed by atoms with Crippen LogP contribution in [0.1, 0.15) is 55.8 Å². The fraction of sp³-hybridized carbons (Fsp3) is 0.345. The van der Waals surface area contributed by atoms with E-state index in [2.05, 4.69) is 19.2 Å². The van der Waals surface area contributed by atoms with E-state index in [1.807, 2.05) is 38.1 Å². The highest BCUT2D eigenvalue weighted by Crippen LogP contribution is 2.42. The average molecular weight is 541 g/mol. The van der Waals surface area contributed by atoms with Gasteiger partial charge in [0.2, 0.25) is 5.91 Å². The summed E-state index contributed by atoms with van der Waals surface area (Å²) in [5, 5.41) is 3.53. The molecule has 0 fully saturated rings. The lowest BCUT2D eigenvalue weighted by Crippen LogP contribution is -2.47. The van der Waals surface area contributed by atoms with Gasteiger partial charge < -0.3 is 10.1 Å². The third-order valence-electron chi connectivity index (χ3n) is 7.16. The second kappa shape index (κ2) is 10.8. The molecule has 3 aromatic carbocycles. The van der Waals surface area contributed by atoms with Gasteiger partial charge in [-0.1, -0.05) is 67.4 Å². The van der Waals surface area contributed by atoms with Crippen molar-refractivity contribution in [2.24, 2.45) is 0 Å². The van der Waals surface area contributed by atoms with E-state index in [1.54, 1.807) is 42.5 Å². The zero-order valence-corrected chi connectivity index (χ0v) is 23.2. The molecule has 1 amide bonds. The minimum atomic E-state index is -4.04. The molecule has 1 atom stereocenters. The van der Waals surface area contributed by atoms with Crippen molar-refractivity contribution in [3.63, 3.8) is 0 Å². The molecule has 1 aliphatic rings. The molecule has 37 heavy (non-hydrogen) atoms. The van der Waals surface area contributed by atoms with Crippen LogP contribution in [0.3, 0.4) is 0 Å². The number of halogens is 1. The predicted molar refractivity (Wildman–Crippen MR) is 148 cm³/mol. The maximum absolute atomic E-state index is 13.7. The molecule has 1 unspecified atom stereocenters. The Kier molecular flexibility index (Phi) is 7.85. The van der Waals surface area contributed by atoms with Crippen molar-refractivity contribution in [1.82, 2.24) is 5.32 Å². The van der Waals surface area contributed by atoms with Gasteiger partial charge in [0.15, 0.2) is 0 Å². The molecule has 0 spiro atoms. The number of carbonyl (C=O) groups is 1. The van der Waals surface area contributed by atoms with Gasteiger partial charge in [-0.05, 0) is 62.6 Å². The van der Waals surface area contributed by atoms with E-state index in [0.29, 0.717) is 17.1 Å². The number of fused-ring (bicyclic) bond motifs is 1. The number of benzene rings is 3. The number of sulfonamides is 1. The van der Waals surface area contributed by atoms with Crippen LogP contribution in [-0.4, -0.2) is 26.5 Å². The van der Waals surface area contributed by atoms with E-state index in [9.17, 15) is 13.2 Å². The number of carbonyl (C=O) groups excluding carboxylic acids is 1. The number of rotatable bonds is 8. The lowest BCUT2D eigenvalue weighted by molar-refractivity contribution is -0.121. The van der Waals surface area contributed by atoms with Gasteiger partial charge in [-0.3, -0.25) is 9.10 Å². The number of hydrogen-bond acceptors (Lipinski definition) is 4. The van der Waals surface area contributed by atoms with Crippen molar-refractivity contribution < 1.29 is 17.9 Å². The molecule has 1 heterocycles. The first kappa shape index (κ1) is 27.0. The maximum atomic E-state index is 13.7. The number of nitrogens with zero attached hydrogens (tertiary/aromatic N) is 1.